The van der Waals surface area contributed by atoms with Crippen LogP contribution in [0.15, 0.2) is 52.6 Å². The summed E-state index contributed by atoms with van der Waals surface area (Å²) in [5.41, 5.74) is 2.02. The summed E-state index contributed by atoms with van der Waals surface area (Å²) < 4.78 is 40.4. The number of anilines is 1. The summed E-state index contributed by atoms with van der Waals surface area (Å²) in [4.78, 5) is 14.5. The third-order valence-corrected chi connectivity index (χ3v) is 11.2. The fourth-order valence-electron chi connectivity index (χ4n) is 5.02. The predicted molar refractivity (Wildman–Crippen MR) is 160 cm³/mol. The SMILES string of the molecule is COCCOc1cc(N(C2CC2)S(=O)(=O)c2ccccn2)c2[nH]c(C3=NCC(C(O)N4CCSCC4)S3)cc2c1. The van der Waals surface area contributed by atoms with Gasteiger partial charge >= 0.3 is 0 Å². The zero-order valence-corrected chi connectivity index (χ0v) is 24.7. The van der Waals surface area contributed by atoms with Gasteiger partial charge in [0.25, 0.3) is 10.0 Å². The Morgan fingerprint density at radius 2 is 2.02 bits per heavy atom. The van der Waals surface area contributed by atoms with Crippen molar-refractivity contribution in [1.82, 2.24) is 14.9 Å². The molecule has 13 heteroatoms. The Balaban J connectivity index is 1.35. The molecule has 2 N–H and O–H groups in total. The van der Waals surface area contributed by atoms with Gasteiger partial charge in [-0.2, -0.15) is 20.2 Å². The summed E-state index contributed by atoms with van der Waals surface area (Å²) in [7, 11) is -2.31. The van der Waals surface area contributed by atoms with E-state index in [4.69, 9.17) is 14.5 Å². The van der Waals surface area contributed by atoms with Crippen LogP contribution in [0.5, 0.6) is 5.75 Å². The zero-order chi connectivity index (χ0) is 27.7. The number of H-pyrrole nitrogens is 1. The number of hydrogen-bond donors (Lipinski definition) is 2. The molecule has 10 nitrogen and oxygen atoms in total. The lowest BCUT2D eigenvalue weighted by atomic mass is 10.2. The Labute approximate surface area is 242 Å². The Bertz CT molecular complexity index is 1470. The molecule has 2 fully saturated rings. The topological polar surface area (TPSA) is 120 Å². The molecule has 0 radical (unpaired) electrons. The standard InChI is InChI=1S/C27H33N5O5S3/c1-36-10-11-37-20-14-18-15-21(26-29-17-23(39-26)27(33)31-8-12-38-13-9-31)30-25(18)22(16-20)32(19-5-6-19)40(34,35)24-4-2-3-7-28-24/h2-4,7,14-16,19,23,27,30,33H,5-6,8-13,17H2,1H3. The van der Waals surface area contributed by atoms with Gasteiger partial charge in [0.2, 0.25) is 0 Å². The van der Waals surface area contributed by atoms with E-state index in [1.54, 1.807) is 37.1 Å². The minimum absolute atomic E-state index is 0.0104. The van der Waals surface area contributed by atoms with Gasteiger partial charge in [0, 0.05) is 55.4 Å². The van der Waals surface area contributed by atoms with Crippen molar-refractivity contribution in [2.45, 2.75) is 35.4 Å². The normalized spacial score (nSPS) is 20.9. The first kappa shape index (κ1) is 27.9. The van der Waals surface area contributed by atoms with E-state index in [1.165, 1.54) is 16.6 Å². The predicted octanol–water partition coefficient (Wildman–Crippen LogP) is 3.18. The number of hydrogen-bond acceptors (Lipinski definition) is 10. The van der Waals surface area contributed by atoms with Crippen LogP contribution in [-0.4, -0.2) is 102 Å². The molecule has 2 unspecified atom stereocenters. The van der Waals surface area contributed by atoms with Gasteiger partial charge in [0.1, 0.15) is 23.6 Å². The molecule has 0 amide bonds. The van der Waals surface area contributed by atoms with Crippen molar-refractivity contribution in [3.05, 3.63) is 48.3 Å². The number of sulfonamides is 1. The minimum atomic E-state index is -3.92. The Hall–Kier alpha value is -2.29. The molecule has 0 spiro atoms. The number of aliphatic hydroxyl groups excluding tert-OH is 1. The van der Waals surface area contributed by atoms with Crippen molar-refractivity contribution in [2.24, 2.45) is 4.99 Å². The van der Waals surface area contributed by atoms with E-state index < -0.39 is 16.3 Å². The molecule has 4 heterocycles. The molecule has 214 valence electrons. The van der Waals surface area contributed by atoms with Gasteiger partial charge in [0.05, 0.1) is 35.3 Å². The van der Waals surface area contributed by atoms with Gasteiger partial charge in [-0.05, 0) is 37.1 Å². The number of nitrogens with one attached hydrogen (secondary N) is 1. The van der Waals surface area contributed by atoms with Gasteiger partial charge in [-0.25, -0.2) is 4.98 Å². The van der Waals surface area contributed by atoms with Crippen molar-refractivity contribution in [3.63, 3.8) is 0 Å². The number of ether oxygens (including phenoxy) is 2. The fourth-order valence-corrected chi connectivity index (χ4v) is 8.72. The van der Waals surface area contributed by atoms with Crippen molar-refractivity contribution < 1.29 is 23.0 Å². The third-order valence-electron chi connectivity index (χ3n) is 7.17. The largest absolute Gasteiger partial charge is 0.491 e. The lowest BCUT2D eigenvalue weighted by Gasteiger charge is -2.33. The maximum atomic E-state index is 13.9. The number of pyridine rings is 1. The number of aliphatic hydroxyl groups is 1. The summed E-state index contributed by atoms with van der Waals surface area (Å²) in [5, 5.41) is 12.6. The summed E-state index contributed by atoms with van der Waals surface area (Å²) in [6, 6.07) is 10.4. The highest BCUT2D eigenvalue weighted by Crippen LogP contribution is 2.42. The van der Waals surface area contributed by atoms with Crippen LogP contribution < -0.4 is 9.04 Å². The van der Waals surface area contributed by atoms with Gasteiger partial charge in [-0.15, -0.1) is 0 Å². The highest BCUT2D eigenvalue weighted by Gasteiger charge is 2.40. The molecule has 2 atom stereocenters. The lowest BCUT2D eigenvalue weighted by molar-refractivity contribution is 0.0117. The summed E-state index contributed by atoms with van der Waals surface area (Å²) in [5.74, 6) is 2.62. The smallest absolute Gasteiger partial charge is 0.282 e. The van der Waals surface area contributed by atoms with E-state index in [0.717, 1.165) is 53.6 Å². The zero-order valence-electron chi connectivity index (χ0n) is 22.2. The van der Waals surface area contributed by atoms with Gasteiger partial charge in [-0.1, -0.05) is 17.8 Å². The molecule has 2 aromatic heterocycles. The maximum absolute atomic E-state index is 13.9. The molecular formula is C27H33N5O5S3. The molecular weight excluding hydrogens is 571 g/mol. The van der Waals surface area contributed by atoms with Gasteiger partial charge < -0.3 is 19.6 Å². The Morgan fingerprint density at radius 3 is 2.75 bits per heavy atom. The summed E-state index contributed by atoms with van der Waals surface area (Å²) >= 11 is 3.48. The number of thioether (sulfide) groups is 2. The maximum Gasteiger partial charge on any atom is 0.282 e. The quantitative estimate of drug-likeness (QED) is 0.319. The molecule has 0 bridgehead atoms. The Morgan fingerprint density at radius 1 is 1.20 bits per heavy atom. The molecule has 40 heavy (non-hydrogen) atoms. The number of aromatic amines is 1. The van der Waals surface area contributed by atoms with Gasteiger partial charge in [0.15, 0.2) is 5.03 Å². The van der Waals surface area contributed by atoms with Crippen LogP contribution in [0.25, 0.3) is 10.9 Å². The van der Waals surface area contributed by atoms with E-state index >= 15 is 0 Å². The number of rotatable bonds is 11. The number of benzene rings is 1. The van der Waals surface area contributed by atoms with Crippen molar-refractivity contribution in [3.8, 4) is 5.75 Å². The van der Waals surface area contributed by atoms with E-state index in [-0.39, 0.29) is 16.3 Å². The van der Waals surface area contributed by atoms with Crippen LogP contribution >= 0.6 is 23.5 Å². The van der Waals surface area contributed by atoms with Crippen molar-refractivity contribution >= 4 is 55.2 Å². The van der Waals surface area contributed by atoms with Crippen LogP contribution in [0.3, 0.4) is 0 Å². The van der Waals surface area contributed by atoms with E-state index in [0.29, 0.717) is 36.7 Å². The number of aliphatic imine (C=N–C) groups is 1. The number of nitrogens with zero attached hydrogens (tertiary/aromatic N) is 4. The number of methoxy groups -OCH3 is 1. The fraction of sp³-hybridized carbons (Fsp3) is 0.481. The number of aromatic nitrogens is 2. The van der Waals surface area contributed by atoms with E-state index in [1.807, 2.05) is 23.9 Å². The summed E-state index contributed by atoms with van der Waals surface area (Å²) in [6.07, 6.45) is 2.48. The second-order valence-electron chi connectivity index (χ2n) is 10.00. The van der Waals surface area contributed by atoms with Crippen molar-refractivity contribution in [1.29, 1.82) is 0 Å². The molecule has 1 saturated heterocycles. The van der Waals surface area contributed by atoms with Crippen LogP contribution in [0.1, 0.15) is 18.5 Å². The highest BCUT2D eigenvalue weighted by molar-refractivity contribution is 8.15. The second-order valence-corrected chi connectivity index (χ2v) is 14.2. The minimum Gasteiger partial charge on any atom is -0.491 e. The molecule has 2 aliphatic heterocycles. The first-order chi connectivity index (χ1) is 19.5. The third kappa shape index (κ3) is 5.72. The summed E-state index contributed by atoms with van der Waals surface area (Å²) in [6.45, 7) is 3.04. The molecule has 3 aromatic rings. The average Bonchev–Trinajstić information content (AvgIpc) is 3.50. The van der Waals surface area contributed by atoms with E-state index in [9.17, 15) is 13.5 Å². The first-order valence-corrected chi connectivity index (χ1v) is 16.9. The van der Waals surface area contributed by atoms with Crippen LogP contribution in [-0.2, 0) is 14.8 Å². The molecule has 3 aliphatic rings. The highest BCUT2D eigenvalue weighted by atomic mass is 32.2. The Kier molecular flexibility index (Phi) is 8.29. The first-order valence-electron chi connectivity index (χ1n) is 13.4. The van der Waals surface area contributed by atoms with Crippen LogP contribution in [0.2, 0.25) is 0 Å². The van der Waals surface area contributed by atoms with Gasteiger partial charge in [-0.3, -0.25) is 14.2 Å². The van der Waals surface area contributed by atoms with Crippen LogP contribution in [0.4, 0.5) is 5.69 Å². The molecule has 1 aromatic carbocycles. The molecule has 6 rings (SSSR count). The second kappa shape index (κ2) is 11.9. The lowest BCUT2D eigenvalue weighted by Crippen LogP contribution is -2.46. The molecule has 1 saturated carbocycles. The average molecular weight is 604 g/mol. The molecule has 1 aliphatic carbocycles. The monoisotopic (exact) mass is 603 g/mol. The number of fused-ring (bicyclic) bond motifs is 1. The van der Waals surface area contributed by atoms with E-state index in [2.05, 4.69) is 14.9 Å². The van der Waals surface area contributed by atoms with Crippen molar-refractivity contribution in [2.75, 3.05) is 55.8 Å². The van der Waals surface area contributed by atoms with Crippen LogP contribution in [0, 0.1) is 0 Å².